The zero-order chi connectivity index (χ0) is 17.2. The van der Waals surface area contributed by atoms with Gasteiger partial charge in [-0.3, -0.25) is 9.69 Å². The number of carbonyl (C=O) groups excluding carboxylic acids is 1. The molecule has 2 aliphatic heterocycles. The Labute approximate surface area is 147 Å². The van der Waals surface area contributed by atoms with Gasteiger partial charge in [0.15, 0.2) is 0 Å². The first kappa shape index (κ1) is 16.4. The van der Waals surface area contributed by atoms with E-state index in [1.165, 1.54) is 0 Å². The van der Waals surface area contributed by atoms with Gasteiger partial charge in [0.05, 0.1) is 37.6 Å². The van der Waals surface area contributed by atoms with Crippen LogP contribution in [-0.2, 0) is 35.7 Å². The summed E-state index contributed by atoms with van der Waals surface area (Å²) >= 11 is 0. The van der Waals surface area contributed by atoms with Crippen LogP contribution < -0.4 is 0 Å². The minimum atomic E-state index is 0.0282. The van der Waals surface area contributed by atoms with E-state index in [9.17, 15) is 4.79 Å². The van der Waals surface area contributed by atoms with E-state index in [4.69, 9.17) is 14.1 Å². The fraction of sp³-hybridized carbons (Fsp3) is 0.556. The molecule has 1 amide bonds. The normalized spacial score (nSPS) is 20.2. The fourth-order valence-corrected chi connectivity index (χ4v) is 3.56. The summed E-state index contributed by atoms with van der Waals surface area (Å²) in [7, 11) is 2.05. The Morgan fingerprint density at radius 1 is 1.40 bits per heavy atom. The molecule has 0 bridgehead atoms. The molecule has 7 nitrogen and oxygen atoms in total. The number of rotatable bonds is 5. The summed E-state index contributed by atoms with van der Waals surface area (Å²) in [5.74, 6) is 2.16. The lowest BCUT2D eigenvalue weighted by Gasteiger charge is -2.29. The second-order valence-electron chi connectivity index (χ2n) is 6.91. The van der Waals surface area contributed by atoms with Crippen molar-refractivity contribution < 1.29 is 13.9 Å². The lowest BCUT2D eigenvalue weighted by atomic mass is 10.1. The Morgan fingerprint density at radius 2 is 2.32 bits per heavy atom. The van der Waals surface area contributed by atoms with E-state index in [1.807, 2.05) is 17.0 Å². The second-order valence-corrected chi connectivity index (χ2v) is 6.91. The van der Waals surface area contributed by atoms with Gasteiger partial charge < -0.3 is 18.6 Å². The first-order chi connectivity index (χ1) is 12.2. The number of amides is 1. The Bertz CT molecular complexity index is 719. The highest BCUT2D eigenvalue weighted by Gasteiger charge is 2.30. The van der Waals surface area contributed by atoms with Gasteiger partial charge in [0, 0.05) is 32.4 Å². The van der Waals surface area contributed by atoms with Crippen LogP contribution >= 0.6 is 0 Å². The Balaban J connectivity index is 1.37. The standard InChI is InChI=1S/C18H24N4O3/c1-20(11-16-3-2-7-25-16)9-15-10-21-5-6-22(12-17(21)19-15)18(23)14-4-8-24-13-14/h2-3,7,10,14H,4-6,8-9,11-13H2,1H3/t14-/m1/s1. The zero-order valence-electron chi connectivity index (χ0n) is 14.6. The van der Waals surface area contributed by atoms with Crippen molar-refractivity contribution in [1.29, 1.82) is 0 Å². The molecule has 0 aliphatic carbocycles. The maximum absolute atomic E-state index is 12.6. The third kappa shape index (κ3) is 3.62. The summed E-state index contributed by atoms with van der Waals surface area (Å²) in [5, 5.41) is 0. The average molecular weight is 344 g/mol. The molecule has 0 radical (unpaired) electrons. The third-order valence-corrected chi connectivity index (χ3v) is 4.88. The summed E-state index contributed by atoms with van der Waals surface area (Å²) in [6.45, 7) is 4.92. The predicted molar refractivity (Wildman–Crippen MR) is 90.4 cm³/mol. The van der Waals surface area contributed by atoms with E-state index in [2.05, 4.69) is 22.7 Å². The fourth-order valence-electron chi connectivity index (χ4n) is 3.56. The van der Waals surface area contributed by atoms with Gasteiger partial charge >= 0.3 is 0 Å². The molecule has 134 valence electrons. The Kier molecular flexibility index (Phi) is 4.59. The van der Waals surface area contributed by atoms with E-state index in [0.717, 1.165) is 49.9 Å². The van der Waals surface area contributed by atoms with Crippen LogP contribution in [-0.4, -0.2) is 52.1 Å². The van der Waals surface area contributed by atoms with Crippen molar-refractivity contribution in [1.82, 2.24) is 19.4 Å². The van der Waals surface area contributed by atoms with Crippen LogP contribution in [0, 0.1) is 5.92 Å². The minimum Gasteiger partial charge on any atom is -0.468 e. The van der Waals surface area contributed by atoms with Crippen LogP contribution in [0.1, 0.15) is 23.7 Å². The first-order valence-corrected chi connectivity index (χ1v) is 8.81. The number of fused-ring (bicyclic) bond motifs is 1. The number of carbonyl (C=O) groups is 1. The molecule has 0 unspecified atom stereocenters. The van der Waals surface area contributed by atoms with Crippen molar-refractivity contribution in [3.63, 3.8) is 0 Å². The largest absolute Gasteiger partial charge is 0.468 e. The van der Waals surface area contributed by atoms with E-state index in [-0.39, 0.29) is 11.8 Å². The van der Waals surface area contributed by atoms with E-state index in [1.54, 1.807) is 6.26 Å². The molecule has 1 saturated heterocycles. The molecule has 1 fully saturated rings. The monoisotopic (exact) mass is 344 g/mol. The number of imidazole rings is 1. The molecule has 7 heteroatoms. The molecule has 0 N–H and O–H groups in total. The smallest absolute Gasteiger partial charge is 0.228 e. The number of hydrogen-bond acceptors (Lipinski definition) is 5. The topological polar surface area (TPSA) is 63.7 Å². The summed E-state index contributed by atoms with van der Waals surface area (Å²) in [4.78, 5) is 21.4. The van der Waals surface area contributed by atoms with E-state index in [0.29, 0.717) is 19.8 Å². The highest BCUT2D eigenvalue weighted by atomic mass is 16.5. The van der Waals surface area contributed by atoms with E-state index < -0.39 is 0 Å². The molecular weight excluding hydrogens is 320 g/mol. The average Bonchev–Trinajstić information content (AvgIpc) is 3.34. The van der Waals surface area contributed by atoms with Crippen molar-refractivity contribution in [2.24, 2.45) is 5.92 Å². The molecule has 2 aliphatic rings. The van der Waals surface area contributed by atoms with Crippen LogP contribution in [0.3, 0.4) is 0 Å². The quantitative estimate of drug-likeness (QED) is 0.822. The van der Waals surface area contributed by atoms with Crippen LogP contribution in [0.4, 0.5) is 0 Å². The number of aromatic nitrogens is 2. The molecule has 1 atom stereocenters. The number of furan rings is 1. The molecule has 0 aromatic carbocycles. The third-order valence-electron chi connectivity index (χ3n) is 4.88. The van der Waals surface area contributed by atoms with Gasteiger partial charge in [0.25, 0.3) is 0 Å². The molecule has 0 saturated carbocycles. The van der Waals surface area contributed by atoms with Crippen molar-refractivity contribution in [3.05, 3.63) is 41.9 Å². The second kappa shape index (κ2) is 7.01. The highest BCUT2D eigenvalue weighted by Crippen LogP contribution is 2.20. The number of hydrogen-bond donors (Lipinski definition) is 0. The molecule has 0 spiro atoms. The van der Waals surface area contributed by atoms with Crippen LogP contribution in [0.2, 0.25) is 0 Å². The van der Waals surface area contributed by atoms with Gasteiger partial charge in [-0.15, -0.1) is 0 Å². The van der Waals surface area contributed by atoms with Gasteiger partial charge in [-0.2, -0.15) is 0 Å². The predicted octanol–water partition coefficient (Wildman–Crippen LogP) is 1.49. The van der Waals surface area contributed by atoms with Crippen LogP contribution in [0.5, 0.6) is 0 Å². The number of nitrogens with zero attached hydrogens (tertiary/aromatic N) is 4. The van der Waals surface area contributed by atoms with Crippen molar-refractivity contribution >= 4 is 5.91 Å². The lowest BCUT2D eigenvalue weighted by molar-refractivity contribution is -0.137. The summed E-state index contributed by atoms with van der Waals surface area (Å²) in [6.07, 6.45) is 4.64. The summed E-state index contributed by atoms with van der Waals surface area (Å²) in [6, 6.07) is 3.88. The van der Waals surface area contributed by atoms with Gasteiger partial charge in [0.2, 0.25) is 5.91 Å². The van der Waals surface area contributed by atoms with Gasteiger partial charge in [0.1, 0.15) is 11.6 Å². The van der Waals surface area contributed by atoms with E-state index >= 15 is 0 Å². The Morgan fingerprint density at radius 3 is 3.08 bits per heavy atom. The summed E-state index contributed by atoms with van der Waals surface area (Å²) in [5.41, 5.74) is 1.03. The summed E-state index contributed by atoms with van der Waals surface area (Å²) < 4.78 is 12.9. The van der Waals surface area contributed by atoms with Gasteiger partial charge in [-0.25, -0.2) is 4.98 Å². The molecule has 25 heavy (non-hydrogen) atoms. The molecule has 2 aromatic heterocycles. The van der Waals surface area contributed by atoms with Crippen molar-refractivity contribution in [2.75, 3.05) is 26.8 Å². The SMILES string of the molecule is CN(Cc1cn2c(n1)CN(C(=O)[C@@H]1CCOC1)CC2)Cc1ccco1. The van der Waals surface area contributed by atoms with Crippen molar-refractivity contribution in [2.45, 2.75) is 32.6 Å². The van der Waals surface area contributed by atoms with Gasteiger partial charge in [-0.05, 0) is 25.6 Å². The van der Waals surface area contributed by atoms with Crippen LogP contribution in [0.25, 0.3) is 0 Å². The molecule has 4 heterocycles. The van der Waals surface area contributed by atoms with Gasteiger partial charge in [-0.1, -0.05) is 0 Å². The zero-order valence-corrected chi connectivity index (χ0v) is 14.6. The maximum atomic E-state index is 12.6. The lowest BCUT2D eigenvalue weighted by Crippen LogP contribution is -2.41. The minimum absolute atomic E-state index is 0.0282. The number of ether oxygens (including phenoxy) is 1. The molecule has 2 aromatic rings. The van der Waals surface area contributed by atoms with Crippen LogP contribution in [0.15, 0.2) is 29.0 Å². The maximum Gasteiger partial charge on any atom is 0.228 e. The molecule has 4 rings (SSSR count). The molecular formula is C18H24N4O3. The Hall–Kier alpha value is -2.12. The first-order valence-electron chi connectivity index (χ1n) is 8.81. The van der Waals surface area contributed by atoms with Crippen molar-refractivity contribution in [3.8, 4) is 0 Å². The highest BCUT2D eigenvalue weighted by molar-refractivity contribution is 5.79.